The molecule has 0 radical (unpaired) electrons. The molecular weight excluding hydrogens is 1830 g/mol. The Balaban J connectivity index is 0.000000147. The Morgan fingerprint density at radius 3 is 0.863 bits per heavy atom. The summed E-state index contributed by atoms with van der Waals surface area (Å²) in [4.78, 5) is 79.5. The smallest absolute Gasteiger partial charge is 0.374 e. The fourth-order valence-corrected chi connectivity index (χ4v) is 18.5. The topological polar surface area (TPSA) is 296 Å². The number of amides is 6. The number of hydrogen-bond acceptors (Lipinski definition) is 14. The van der Waals surface area contributed by atoms with Gasteiger partial charge in [0.1, 0.15) is 0 Å². The Morgan fingerprint density at radius 1 is 0.353 bits per heavy atom. The summed E-state index contributed by atoms with van der Waals surface area (Å²) < 4.78 is 202. The number of carbonyl (C=O) groups excluding carboxylic acids is 6. The first-order valence-electron chi connectivity index (χ1n) is 45.6. The normalized spacial score (nSPS) is 16.6. The van der Waals surface area contributed by atoms with Gasteiger partial charge in [-0.25, -0.2) is 0 Å². The van der Waals surface area contributed by atoms with Gasteiger partial charge in [0.25, 0.3) is 17.1 Å². The van der Waals surface area contributed by atoms with Gasteiger partial charge in [-0.3, -0.25) is 28.8 Å². The average Bonchev–Trinajstić information content (AvgIpc) is 1.69. The van der Waals surface area contributed by atoms with Crippen molar-refractivity contribution < 1.29 is 110 Å². The third-order valence-corrected chi connectivity index (χ3v) is 26.4. The fourth-order valence-electron chi connectivity index (χ4n) is 18.5. The molecule has 7 aliphatic heterocycles. The zero-order valence-corrected chi connectivity index (χ0v) is 76.5. The van der Waals surface area contributed by atoms with Crippen molar-refractivity contribution in [3.05, 3.63) is 324 Å². The third-order valence-electron chi connectivity index (χ3n) is 26.4. The minimum Gasteiger partial charge on any atom is -0.374 e. The first-order valence-corrected chi connectivity index (χ1v) is 45.6. The van der Waals surface area contributed by atoms with Crippen molar-refractivity contribution in [3.63, 3.8) is 0 Å². The summed E-state index contributed by atoms with van der Waals surface area (Å²) in [7, 11) is 1.52. The highest BCUT2D eigenvalue weighted by Crippen LogP contribution is 2.53. The van der Waals surface area contributed by atoms with Crippen molar-refractivity contribution >= 4 is 63.9 Å². The number of nitrogens with one attached hydrogen (secondary N) is 2. The van der Waals surface area contributed by atoms with Crippen LogP contribution in [0.1, 0.15) is 219 Å². The first-order chi connectivity index (χ1) is 65.6. The maximum absolute atomic E-state index is 13.2. The van der Waals surface area contributed by atoms with Crippen LogP contribution in [-0.4, -0.2) is 123 Å². The van der Waals surface area contributed by atoms with E-state index in [0.29, 0.717) is 89.3 Å². The number of nitrogens with two attached hydrogens (primary N) is 4. The molecule has 12 N–H and O–H groups in total. The predicted molar refractivity (Wildman–Crippen MR) is 498 cm³/mol. The number of aryl methyl sites for hydroxylation is 5. The SMILES string of the molecule is CC(C)(c1ccc(CN2CCCc3cc(C(N)=O)ccc32)cc1)C(F)(F)F.CNC(=O)c1ccc2c(c1)CCCN2Cc1ccc(C(O)(C(F)(F)F)C(F)(F)F)cc1.NC(=O)c1ccc2c(c1)CCCN2Cc1ccc(C(O)(C(F)(F)F)C(F)(F)F)cc1.NC(=O)c1ccc2c(c1)CCCN2Cc1ccc(C2CCC(=O)N2)cc1.NC(=O)c1ccc2c(c1)CCCN2Cc1ccc(C2CCCO2)cc1. The highest BCUT2D eigenvalue weighted by Gasteiger charge is 2.72. The Labute approximate surface area is 793 Å². The maximum Gasteiger partial charge on any atom is 0.430 e. The van der Waals surface area contributed by atoms with Gasteiger partial charge in [-0.05, 0) is 261 Å². The number of halogens is 15. The van der Waals surface area contributed by atoms with Crippen LogP contribution in [0.4, 0.5) is 94.3 Å². The lowest BCUT2D eigenvalue weighted by molar-refractivity contribution is -0.376. The Kier molecular flexibility index (Phi) is 31.7. The minimum atomic E-state index is -5.92. The van der Waals surface area contributed by atoms with E-state index in [1.54, 1.807) is 66.7 Å². The van der Waals surface area contributed by atoms with Crippen molar-refractivity contribution in [1.82, 2.24) is 10.6 Å². The Morgan fingerprint density at radius 2 is 0.619 bits per heavy atom. The zero-order valence-electron chi connectivity index (χ0n) is 76.5. The van der Waals surface area contributed by atoms with E-state index in [-0.39, 0.29) is 54.4 Å². The summed E-state index contributed by atoms with van der Waals surface area (Å²) in [6.45, 7) is 10.2. The summed E-state index contributed by atoms with van der Waals surface area (Å²) in [5, 5.41) is 24.5. The standard InChI is InChI=1S/C21H20F6N2O2.C21H23F3N2O.C21H23N3O2.C21H24N2O2.C20H18F6N2O2/c1-28-18(30)15-6-9-17-14(11-15)3-2-10-29(17)12-13-4-7-16(8-5-13)19(31,20(22,23)24)21(25,26)27;1-20(2,21(22,23)24)17-8-5-14(6-9-17)13-26-11-3-4-15-12-16(19(25)27)7-10-18(15)26;22-21(26)17-7-9-19-16(12-17)2-1-11-24(19)13-14-3-5-15(6-4-14)18-8-10-20(25)23-18;22-21(24)18-9-10-19-17(13-18)3-1-11-23(19)14-15-5-7-16(8-6-15)20-4-2-12-25-20;21-19(22,23)18(30,20(24,25)26)15-6-3-12(4-7-15)11-28-9-1-2-13-10-14(17(27)29)5-8-16(13)28/h4-9,11,31H,2-3,10,12H2,1H3,(H,28,30);5-10,12H,3-4,11,13H2,1-2H3,(H2,25,27);3-7,9,12,18H,1-2,8,10-11,13H2,(H2,22,26)(H,23,25);5-10,13,20H,1-4,11-12,14H2,(H2,22,24);3-8,10,30H,1-2,9,11H2,(H2,27,29). The molecule has 10 aromatic carbocycles. The van der Waals surface area contributed by atoms with E-state index in [4.69, 9.17) is 27.7 Å². The van der Waals surface area contributed by atoms with Gasteiger partial charge in [-0.2, -0.15) is 65.9 Å². The lowest BCUT2D eigenvalue weighted by Crippen LogP contribution is -2.53. The minimum absolute atomic E-state index is 0.138. The summed E-state index contributed by atoms with van der Waals surface area (Å²) in [6.07, 6.45) is -14.9. The van der Waals surface area contributed by atoms with E-state index in [1.165, 1.54) is 65.7 Å². The van der Waals surface area contributed by atoms with Gasteiger partial charge < -0.3 is 73.0 Å². The molecule has 139 heavy (non-hydrogen) atoms. The molecule has 0 spiro atoms. The van der Waals surface area contributed by atoms with Gasteiger partial charge in [0.15, 0.2) is 0 Å². The zero-order chi connectivity index (χ0) is 100. The second kappa shape index (κ2) is 42.7. The molecule has 7 aliphatic rings. The number of rotatable bonds is 20. The number of carbonyl (C=O) groups is 6. The molecule has 6 amide bonds. The van der Waals surface area contributed by atoms with E-state index in [2.05, 4.69) is 73.9 Å². The van der Waals surface area contributed by atoms with Crippen LogP contribution in [0.5, 0.6) is 0 Å². The van der Waals surface area contributed by atoms with Crippen LogP contribution in [0.25, 0.3) is 0 Å². The number of hydrogen-bond donors (Lipinski definition) is 8. The molecule has 10 aromatic rings. The highest BCUT2D eigenvalue weighted by molar-refractivity contribution is 5.96. The van der Waals surface area contributed by atoms with Crippen LogP contribution < -0.4 is 58.1 Å². The molecule has 2 atom stereocenters. The molecule has 2 saturated heterocycles. The summed E-state index contributed by atoms with van der Waals surface area (Å²) in [6, 6.07) is 58.4. The molecule has 2 unspecified atom stereocenters. The van der Waals surface area contributed by atoms with Gasteiger partial charge in [0.05, 0.1) is 17.6 Å². The molecule has 35 heteroatoms. The molecule has 0 bridgehead atoms. The van der Waals surface area contributed by atoms with E-state index in [1.807, 2.05) is 58.3 Å². The van der Waals surface area contributed by atoms with Crippen molar-refractivity contribution in [2.24, 2.45) is 22.9 Å². The molecule has 0 aromatic heterocycles. The van der Waals surface area contributed by atoms with Crippen molar-refractivity contribution in [2.45, 2.75) is 196 Å². The van der Waals surface area contributed by atoms with Gasteiger partial charge >= 0.3 is 30.9 Å². The Hall–Kier alpha value is -13.2. The van der Waals surface area contributed by atoms with Gasteiger partial charge in [-0.1, -0.05) is 121 Å². The number of nitrogens with zero attached hydrogens (tertiary/aromatic N) is 5. The van der Waals surface area contributed by atoms with Crippen molar-refractivity contribution in [1.29, 1.82) is 0 Å². The molecule has 17 rings (SSSR count). The van der Waals surface area contributed by atoms with E-state index < -0.39 is 70.4 Å². The summed E-state index contributed by atoms with van der Waals surface area (Å²) >= 11 is 0. The molecule has 2 fully saturated rings. The number of ether oxygens (including phenoxy) is 1. The fraction of sp³-hybridized carbons (Fsp3) is 0.365. The molecular formula is C104H108F15N11O9. The largest absolute Gasteiger partial charge is 0.430 e. The van der Waals surface area contributed by atoms with Crippen molar-refractivity contribution in [2.75, 3.05) is 70.9 Å². The van der Waals surface area contributed by atoms with E-state index >= 15 is 0 Å². The molecule has 0 saturated carbocycles. The average molecular weight is 1940 g/mol. The third kappa shape index (κ3) is 23.9. The van der Waals surface area contributed by atoms with Crippen LogP contribution in [-0.2, 0) is 91.0 Å². The summed E-state index contributed by atoms with van der Waals surface area (Å²) in [5.41, 5.74) is 27.2. The molecule has 0 aliphatic carbocycles. The predicted octanol–water partition coefficient (Wildman–Crippen LogP) is 19.2. The Bertz CT molecular complexity index is 6020. The van der Waals surface area contributed by atoms with Crippen LogP contribution in [0.15, 0.2) is 212 Å². The van der Waals surface area contributed by atoms with Crippen LogP contribution >= 0.6 is 0 Å². The lowest BCUT2D eigenvalue weighted by atomic mass is 9.83. The summed E-state index contributed by atoms with van der Waals surface area (Å²) in [5.74, 6) is -1.83. The monoisotopic (exact) mass is 1940 g/mol. The second-order valence-electron chi connectivity index (χ2n) is 36.1. The van der Waals surface area contributed by atoms with Gasteiger partial charge in [0, 0.05) is 153 Å². The number of fused-ring (bicyclic) bond motifs is 5. The number of aliphatic hydroxyl groups is 2. The first kappa shape index (κ1) is 103. The lowest BCUT2D eigenvalue weighted by Gasteiger charge is -2.33. The number of alkyl halides is 15. The maximum atomic E-state index is 13.2. The number of primary amides is 4. The quantitative estimate of drug-likeness (QED) is 0.0329. The van der Waals surface area contributed by atoms with Crippen LogP contribution in [0.3, 0.4) is 0 Å². The molecule has 738 valence electrons. The van der Waals surface area contributed by atoms with Crippen LogP contribution in [0.2, 0.25) is 0 Å². The van der Waals surface area contributed by atoms with Crippen LogP contribution in [0, 0.1) is 0 Å². The van der Waals surface area contributed by atoms with Gasteiger partial charge in [-0.15, -0.1) is 0 Å². The van der Waals surface area contributed by atoms with E-state index in [9.17, 15) is 105 Å². The number of anilines is 5. The highest BCUT2D eigenvalue weighted by atomic mass is 19.4. The van der Waals surface area contributed by atoms with E-state index in [0.717, 1.165) is 186 Å². The molecule has 7 heterocycles. The number of benzene rings is 10. The van der Waals surface area contributed by atoms with Gasteiger partial charge in [0.2, 0.25) is 29.5 Å². The molecule has 20 nitrogen and oxygen atoms in total. The van der Waals surface area contributed by atoms with Crippen molar-refractivity contribution in [3.8, 4) is 0 Å². The second-order valence-corrected chi connectivity index (χ2v) is 36.1.